The van der Waals surface area contributed by atoms with Gasteiger partial charge in [-0.3, -0.25) is 4.86 Å². The first-order valence-electron chi connectivity index (χ1n) is 0.577. The normalized spacial score (nSPS) is 4.50. The molecule has 0 aliphatic rings. The maximum absolute atomic E-state index is 2.58. The summed E-state index contributed by atoms with van der Waals surface area (Å²) in [5.41, 5.74) is 0. The van der Waals surface area contributed by atoms with Crippen LogP contribution in [0.15, 0.2) is 0 Å². The van der Waals surface area contributed by atoms with Crippen LogP contribution in [-0.2, 0) is 0 Å². The molecule has 0 aromatic carbocycles. The molecule has 0 saturated carbocycles. The summed E-state index contributed by atoms with van der Waals surface area (Å²) in [5, 5.41) is 0. The van der Waals surface area contributed by atoms with Gasteiger partial charge in [0, 0.05) is 0 Å². The van der Waals surface area contributed by atoms with Crippen molar-refractivity contribution in [1.82, 2.24) is 4.86 Å². The molecule has 0 aromatic rings. The first-order chi connectivity index (χ1) is 1.41. The second kappa shape index (κ2) is 8.82. The van der Waals surface area contributed by atoms with Gasteiger partial charge < -0.3 is 2.85 Å². The Labute approximate surface area is 49.9 Å². The third kappa shape index (κ3) is 9.53. The van der Waals surface area contributed by atoms with Gasteiger partial charge in [-0.05, 0) is 0 Å². The van der Waals surface area contributed by atoms with Gasteiger partial charge in [0.2, 0.25) is 0 Å². The summed E-state index contributed by atoms with van der Waals surface area (Å²) in [6.45, 7) is 0. The maximum atomic E-state index is 2.58. The monoisotopic (exact) mass is 107 g/mol. The van der Waals surface area contributed by atoms with Crippen molar-refractivity contribution in [2.75, 3.05) is 0 Å². The van der Waals surface area contributed by atoms with Crippen LogP contribution >= 0.6 is 18.8 Å². The van der Waals surface area contributed by atoms with Crippen molar-refractivity contribution >= 4 is 41.8 Å². The van der Waals surface area contributed by atoms with Crippen LogP contribution in [0, 0.1) is 0 Å². The molecule has 0 spiro atoms. The summed E-state index contributed by atoms with van der Waals surface area (Å²) < 4.78 is 0. The van der Waals surface area contributed by atoms with E-state index >= 15 is 0 Å². The van der Waals surface area contributed by atoms with Crippen LogP contribution in [0.2, 0.25) is 0 Å². The number of hydrogen-bond acceptors (Lipinski definition) is 1. The zero-order valence-corrected chi connectivity index (χ0v) is 6.09. The molecule has 1 nitrogen and oxygen atoms in total. The minimum absolute atomic E-state index is 0. The Morgan fingerprint density at radius 3 is 1.50 bits per heavy atom. The standard InChI is InChI=1S/Mg.H5NP2.2H/c;2-1-3;;/h;1H,2-3H2;;/q+2;;2*-1. The van der Waals surface area contributed by atoms with E-state index in [1.54, 1.807) is 0 Å². The second-order valence-corrected chi connectivity index (χ2v) is 1.50. The number of hydrogen-bond donors (Lipinski definition) is 1. The van der Waals surface area contributed by atoms with Crippen molar-refractivity contribution < 1.29 is 2.85 Å². The van der Waals surface area contributed by atoms with Gasteiger partial charge in [0.25, 0.3) is 0 Å². The SMILES string of the molecule is PNP.[H-].[H-].[Mg+2]. The molecule has 0 rings (SSSR count). The Bertz CT molecular complexity index is 11.5. The summed E-state index contributed by atoms with van der Waals surface area (Å²) >= 11 is 0. The van der Waals surface area contributed by atoms with Crippen LogP contribution in [-0.4, -0.2) is 23.1 Å². The third-order valence-electron chi connectivity index (χ3n) is 0. The first-order valence-corrected chi connectivity index (χ1v) is 1.73. The fraction of sp³-hybridized carbons (Fsp3) is 0. The molecule has 0 saturated heterocycles. The predicted octanol–water partition coefficient (Wildman–Crippen LogP) is 0.000400. The molecule has 0 amide bonds. The van der Waals surface area contributed by atoms with E-state index < -0.39 is 0 Å². The molecule has 1 N–H and O–H groups in total. The van der Waals surface area contributed by atoms with Gasteiger partial charge in [-0.25, -0.2) is 0 Å². The van der Waals surface area contributed by atoms with Gasteiger partial charge in [0.15, 0.2) is 0 Å². The molecule has 0 bridgehead atoms. The number of rotatable bonds is 0. The molecule has 0 aliphatic carbocycles. The number of nitrogens with one attached hydrogen (secondary N) is 1. The van der Waals surface area contributed by atoms with E-state index in [2.05, 4.69) is 23.6 Å². The molecule has 2 unspecified atom stereocenters. The largest absolute Gasteiger partial charge is 2.00 e. The minimum atomic E-state index is 0. The van der Waals surface area contributed by atoms with E-state index in [0.717, 1.165) is 0 Å². The van der Waals surface area contributed by atoms with E-state index in [1.165, 1.54) is 0 Å². The van der Waals surface area contributed by atoms with Crippen molar-refractivity contribution in [2.24, 2.45) is 0 Å². The maximum Gasteiger partial charge on any atom is 2.00 e. The van der Waals surface area contributed by atoms with E-state index in [0.29, 0.717) is 0 Å². The van der Waals surface area contributed by atoms with Crippen molar-refractivity contribution in [2.45, 2.75) is 0 Å². The average Bonchev–Trinajstić information content (AvgIpc) is 0.918. The molecule has 0 heterocycles. The fourth-order valence-corrected chi connectivity index (χ4v) is 0. The summed E-state index contributed by atoms with van der Waals surface area (Å²) in [6.07, 6.45) is 0. The Morgan fingerprint density at radius 1 is 1.50 bits per heavy atom. The quantitative estimate of drug-likeness (QED) is 0.339. The zero-order chi connectivity index (χ0) is 2.71. The van der Waals surface area contributed by atoms with Gasteiger partial charge in [0.05, 0.1) is 0 Å². The molecular formula is H7MgNP2. The molecule has 0 radical (unpaired) electrons. The van der Waals surface area contributed by atoms with Crippen LogP contribution < -0.4 is 4.86 Å². The van der Waals surface area contributed by atoms with Gasteiger partial charge in [-0.1, -0.05) is 18.8 Å². The Balaban J connectivity index is -0.00000000667. The van der Waals surface area contributed by atoms with Crippen molar-refractivity contribution in [3.05, 3.63) is 0 Å². The van der Waals surface area contributed by atoms with Crippen molar-refractivity contribution in [1.29, 1.82) is 0 Å². The van der Waals surface area contributed by atoms with Gasteiger partial charge >= 0.3 is 23.1 Å². The van der Waals surface area contributed by atoms with Crippen LogP contribution in [0.4, 0.5) is 0 Å². The van der Waals surface area contributed by atoms with Crippen LogP contribution in [0.1, 0.15) is 2.85 Å². The van der Waals surface area contributed by atoms with Crippen molar-refractivity contribution in [3.63, 3.8) is 0 Å². The smallest absolute Gasteiger partial charge is 1.00 e. The average molecular weight is 107 g/mol. The third-order valence-corrected chi connectivity index (χ3v) is 0. The summed E-state index contributed by atoms with van der Waals surface area (Å²) in [6, 6.07) is 0. The minimum Gasteiger partial charge on any atom is -1.00 e. The topological polar surface area (TPSA) is 12.0 Å². The van der Waals surface area contributed by atoms with Crippen molar-refractivity contribution in [3.8, 4) is 0 Å². The molecule has 0 aromatic heterocycles. The van der Waals surface area contributed by atoms with Gasteiger partial charge in [-0.15, -0.1) is 0 Å². The van der Waals surface area contributed by atoms with E-state index in [4.69, 9.17) is 0 Å². The van der Waals surface area contributed by atoms with E-state index in [1.807, 2.05) is 0 Å². The fourth-order valence-electron chi connectivity index (χ4n) is 0. The Morgan fingerprint density at radius 2 is 1.50 bits per heavy atom. The van der Waals surface area contributed by atoms with Gasteiger partial charge in [-0.2, -0.15) is 0 Å². The zero-order valence-electron chi connectivity index (χ0n) is 4.36. The van der Waals surface area contributed by atoms with Crippen LogP contribution in [0.5, 0.6) is 0 Å². The molecule has 2 atom stereocenters. The van der Waals surface area contributed by atoms with Gasteiger partial charge in [0.1, 0.15) is 0 Å². The molecule has 0 fully saturated rings. The summed E-state index contributed by atoms with van der Waals surface area (Å²) in [7, 11) is 4.58. The summed E-state index contributed by atoms with van der Waals surface area (Å²) in [4.78, 5) is 2.58. The predicted molar refractivity (Wildman–Crippen MR) is 30.5 cm³/mol. The molecule has 24 valence electrons. The molecule has 4 heavy (non-hydrogen) atoms. The van der Waals surface area contributed by atoms with Crippen LogP contribution in [0.25, 0.3) is 0 Å². The van der Waals surface area contributed by atoms with Crippen LogP contribution in [0.3, 0.4) is 0 Å². The molecule has 0 aliphatic heterocycles. The van der Waals surface area contributed by atoms with E-state index in [9.17, 15) is 0 Å². The second-order valence-electron chi connectivity index (χ2n) is 0.167. The molecular weight excluding hydrogens is 100 g/mol. The Kier molecular flexibility index (Phi) is 20.1. The van der Waals surface area contributed by atoms with E-state index in [-0.39, 0.29) is 25.9 Å². The summed E-state index contributed by atoms with van der Waals surface area (Å²) in [5.74, 6) is 0. The molecule has 4 heteroatoms. The Hall–Kier alpha value is 1.59. The first kappa shape index (κ1) is 9.14.